The van der Waals surface area contributed by atoms with E-state index in [1.54, 1.807) is 41.7 Å². The number of ether oxygens (including phenoxy) is 1. The lowest BCUT2D eigenvalue weighted by Gasteiger charge is -2.36. The van der Waals surface area contributed by atoms with E-state index >= 15 is 4.39 Å². The molecule has 4 aromatic carbocycles. The molecule has 0 spiro atoms. The van der Waals surface area contributed by atoms with Crippen LogP contribution in [0.4, 0.5) is 8.78 Å². The van der Waals surface area contributed by atoms with Crippen LogP contribution in [-0.4, -0.2) is 59.5 Å². The van der Waals surface area contributed by atoms with E-state index in [1.165, 1.54) is 12.1 Å². The van der Waals surface area contributed by atoms with Gasteiger partial charge < -0.3 is 19.1 Å². The number of benzene rings is 4. The average Bonchev–Trinajstić information content (AvgIpc) is 3.42. The van der Waals surface area contributed by atoms with E-state index < -0.39 is 17.6 Å². The van der Waals surface area contributed by atoms with E-state index in [1.807, 2.05) is 77.7 Å². The largest absolute Gasteiger partial charge is 0.497 e. The number of rotatable bonds is 7. The summed E-state index contributed by atoms with van der Waals surface area (Å²) in [7, 11) is 1.57. The van der Waals surface area contributed by atoms with Crippen molar-refractivity contribution in [2.45, 2.75) is 12.8 Å². The third kappa shape index (κ3) is 5.96. The number of hydrogen-bond donors (Lipinski definition) is 0. The molecule has 228 valence electrons. The lowest BCUT2D eigenvalue weighted by Crippen LogP contribution is -2.51. The quantitative estimate of drug-likeness (QED) is 0.204. The van der Waals surface area contributed by atoms with Crippen molar-refractivity contribution >= 4 is 11.8 Å². The molecule has 0 radical (unpaired) electrons. The van der Waals surface area contributed by atoms with Gasteiger partial charge in [0.1, 0.15) is 17.4 Å². The fourth-order valence-electron chi connectivity index (χ4n) is 6.02. The molecule has 1 saturated heterocycles. The number of carbonyl (C=O) groups is 2. The van der Waals surface area contributed by atoms with E-state index in [9.17, 15) is 14.0 Å². The first-order valence-corrected chi connectivity index (χ1v) is 14.9. The molecule has 0 atom stereocenters. The van der Waals surface area contributed by atoms with Gasteiger partial charge in [0, 0.05) is 37.9 Å². The van der Waals surface area contributed by atoms with Gasteiger partial charge in [-0.1, -0.05) is 60.7 Å². The number of carbonyl (C=O) groups excluding carboxylic acids is 2. The molecule has 0 bridgehead atoms. The molecule has 0 aliphatic carbocycles. The number of methoxy groups -OCH3 is 1. The zero-order valence-corrected chi connectivity index (χ0v) is 25.1. The van der Waals surface area contributed by atoms with Crippen LogP contribution in [0.15, 0.2) is 109 Å². The van der Waals surface area contributed by atoms with E-state index in [-0.39, 0.29) is 17.5 Å². The fourth-order valence-corrected chi connectivity index (χ4v) is 6.02. The van der Waals surface area contributed by atoms with Crippen molar-refractivity contribution in [2.75, 3.05) is 33.3 Å². The van der Waals surface area contributed by atoms with Crippen molar-refractivity contribution in [3.05, 3.63) is 143 Å². The first-order valence-electron chi connectivity index (χ1n) is 14.9. The Labute approximate surface area is 261 Å². The van der Waals surface area contributed by atoms with Crippen LogP contribution in [-0.2, 0) is 4.79 Å². The second kappa shape index (κ2) is 12.8. The molecule has 0 N–H and O–H groups in total. The Morgan fingerprint density at radius 3 is 1.87 bits per heavy atom. The van der Waals surface area contributed by atoms with Crippen molar-refractivity contribution in [3.8, 4) is 22.7 Å². The van der Waals surface area contributed by atoms with E-state index in [0.717, 1.165) is 22.8 Å². The summed E-state index contributed by atoms with van der Waals surface area (Å²) in [5.41, 5.74) is 4.25. The van der Waals surface area contributed by atoms with E-state index in [0.29, 0.717) is 48.9 Å². The minimum atomic E-state index is -0.735. The Morgan fingerprint density at radius 1 is 0.733 bits per heavy atom. The molecule has 2 heterocycles. The first-order chi connectivity index (χ1) is 21.9. The van der Waals surface area contributed by atoms with Crippen LogP contribution in [0.5, 0.6) is 5.75 Å². The third-order valence-electron chi connectivity index (χ3n) is 8.41. The Morgan fingerprint density at radius 2 is 1.31 bits per heavy atom. The second-order valence-corrected chi connectivity index (χ2v) is 11.1. The molecule has 0 saturated carbocycles. The highest BCUT2D eigenvalue weighted by molar-refractivity contribution is 5.97. The summed E-state index contributed by atoms with van der Waals surface area (Å²) in [5.74, 6) is -1.41. The predicted octanol–water partition coefficient (Wildman–Crippen LogP) is 6.86. The fraction of sp³-hybridized carbons (Fsp3) is 0.189. The number of nitrogens with zero attached hydrogens (tertiary/aromatic N) is 3. The average molecular weight is 606 g/mol. The Kier molecular flexibility index (Phi) is 8.47. The summed E-state index contributed by atoms with van der Waals surface area (Å²) in [5, 5.41) is 0. The molecule has 1 fully saturated rings. The summed E-state index contributed by atoms with van der Waals surface area (Å²) in [6.07, 6.45) is 0. The molecule has 6 nitrogen and oxygen atoms in total. The van der Waals surface area contributed by atoms with Gasteiger partial charge in [-0.2, -0.15) is 0 Å². The van der Waals surface area contributed by atoms with Gasteiger partial charge in [0.15, 0.2) is 0 Å². The highest BCUT2D eigenvalue weighted by Crippen LogP contribution is 2.33. The first kappa shape index (κ1) is 29.8. The summed E-state index contributed by atoms with van der Waals surface area (Å²) in [4.78, 5) is 31.4. The molecule has 8 heteroatoms. The Hall–Kier alpha value is -5.24. The summed E-state index contributed by atoms with van der Waals surface area (Å²) in [6, 6.07) is 31.9. The molecule has 6 rings (SSSR count). The molecular formula is C37H33F2N3O3. The second-order valence-electron chi connectivity index (χ2n) is 11.1. The van der Waals surface area contributed by atoms with Crippen LogP contribution >= 0.6 is 0 Å². The van der Waals surface area contributed by atoms with Gasteiger partial charge in [-0.05, 0) is 66.1 Å². The lowest BCUT2D eigenvalue weighted by atomic mass is 9.90. The van der Waals surface area contributed by atoms with Crippen LogP contribution in [0.25, 0.3) is 16.9 Å². The molecule has 1 aromatic heterocycles. The predicted molar refractivity (Wildman–Crippen MR) is 170 cm³/mol. The van der Waals surface area contributed by atoms with E-state index in [2.05, 4.69) is 0 Å². The van der Waals surface area contributed by atoms with Crippen molar-refractivity contribution < 1.29 is 23.1 Å². The Bertz CT molecular complexity index is 1770. The normalized spacial score (nSPS) is 13.3. The minimum Gasteiger partial charge on any atom is -0.497 e. The van der Waals surface area contributed by atoms with Gasteiger partial charge in [0.2, 0.25) is 5.91 Å². The van der Waals surface area contributed by atoms with Crippen LogP contribution in [0.1, 0.15) is 33.1 Å². The molecule has 1 aliphatic rings. The van der Waals surface area contributed by atoms with Crippen LogP contribution < -0.4 is 4.74 Å². The number of halogens is 2. The van der Waals surface area contributed by atoms with Crippen molar-refractivity contribution in [2.24, 2.45) is 0 Å². The SMILES string of the molecule is COc1ccc(-c2cc(C(=O)N3CCN(C(=O)C(c4ccccc4)c4ccccc4)CC3)c(C)n2-c2ccc(F)cc2F)cc1. The molecule has 45 heavy (non-hydrogen) atoms. The van der Waals surface area contributed by atoms with Crippen LogP contribution in [0, 0.1) is 18.6 Å². The molecule has 5 aromatic rings. The van der Waals surface area contributed by atoms with Gasteiger partial charge in [0.25, 0.3) is 5.91 Å². The van der Waals surface area contributed by atoms with Gasteiger partial charge in [-0.15, -0.1) is 0 Å². The standard InChI is InChI=1S/C37H33F2N3O3/c1-25-31(24-34(26-13-16-30(45-2)17-14-26)42(25)33-18-15-29(38)23-32(33)39)36(43)40-19-21-41(22-20-40)37(44)35(27-9-5-3-6-10-27)28-11-7-4-8-12-28/h3-18,23-24,35H,19-22H2,1-2H3. The van der Waals surface area contributed by atoms with Gasteiger partial charge in [-0.25, -0.2) is 8.78 Å². The maximum atomic E-state index is 15.1. The van der Waals surface area contributed by atoms with Crippen molar-refractivity contribution in [1.29, 1.82) is 0 Å². The van der Waals surface area contributed by atoms with Crippen LogP contribution in [0.3, 0.4) is 0 Å². The summed E-state index contributed by atoms with van der Waals surface area (Å²) in [6.45, 7) is 3.24. The topological polar surface area (TPSA) is 54.8 Å². The highest BCUT2D eigenvalue weighted by Gasteiger charge is 2.32. The number of piperazine rings is 1. The number of hydrogen-bond acceptors (Lipinski definition) is 3. The van der Waals surface area contributed by atoms with Crippen molar-refractivity contribution in [3.63, 3.8) is 0 Å². The molecule has 1 aliphatic heterocycles. The molecular weight excluding hydrogens is 572 g/mol. The monoisotopic (exact) mass is 605 g/mol. The Balaban J connectivity index is 1.27. The highest BCUT2D eigenvalue weighted by atomic mass is 19.1. The van der Waals surface area contributed by atoms with E-state index in [4.69, 9.17) is 4.74 Å². The van der Waals surface area contributed by atoms with Crippen molar-refractivity contribution in [1.82, 2.24) is 14.4 Å². The van der Waals surface area contributed by atoms with Gasteiger partial charge >= 0.3 is 0 Å². The molecule has 2 amide bonds. The molecule has 0 unspecified atom stereocenters. The number of amides is 2. The maximum absolute atomic E-state index is 15.1. The number of aromatic nitrogens is 1. The third-order valence-corrected chi connectivity index (χ3v) is 8.41. The summed E-state index contributed by atoms with van der Waals surface area (Å²) >= 11 is 0. The van der Waals surface area contributed by atoms with Crippen LogP contribution in [0.2, 0.25) is 0 Å². The maximum Gasteiger partial charge on any atom is 0.255 e. The minimum absolute atomic E-state index is 0.00425. The lowest BCUT2D eigenvalue weighted by molar-refractivity contribution is -0.133. The zero-order valence-electron chi connectivity index (χ0n) is 25.1. The van der Waals surface area contributed by atoms with Gasteiger partial charge in [-0.3, -0.25) is 9.59 Å². The zero-order chi connectivity index (χ0) is 31.5. The summed E-state index contributed by atoms with van der Waals surface area (Å²) < 4.78 is 35.9. The van der Waals surface area contributed by atoms with Gasteiger partial charge in [0.05, 0.1) is 30.0 Å². The smallest absolute Gasteiger partial charge is 0.255 e.